The van der Waals surface area contributed by atoms with E-state index in [0.29, 0.717) is 18.8 Å². The third-order valence-electron chi connectivity index (χ3n) is 4.98. The van der Waals surface area contributed by atoms with Crippen molar-refractivity contribution in [3.05, 3.63) is 90.0 Å². The van der Waals surface area contributed by atoms with Gasteiger partial charge in [-0.15, -0.1) is 13.2 Å². The lowest BCUT2D eigenvalue weighted by Crippen LogP contribution is -2.17. The van der Waals surface area contributed by atoms with Crippen molar-refractivity contribution in [2.75, 3.05) is 11.9 Å². The normalized spacial score (nSPS) is 11.8. The van der Waals surface area contributed by atoms with Crippen LogP contribution in [-0.4, -0.2) is 29.6 Å². The molecule has 0 fully saturated rings. The molecule has 0 radical (unpaired) electrons. The molecule has 220 valence electrons. The highest BCUT2D eigenvalue weighted by molar-refractivity contribution is 5.91. The Morgan fingerprint density at radius 2 is 1.75 bits per heavy atom. The number of carbonyl (C=O) groups is 2. The quantitative estimate of drug-likeness (QED) is 0.233. The topological polar surface area (TPSA) is 77.5 Å². The molecule has 1 atom stereocenters. The van der Waals surface area contributed by atoms with Gasteiger partial charge in [0, 0.05) is 18.5 Å². The van der Waals surface area contributed by atoms with Gasteiger partial charge in [-0.3, -0.25) is 9.78 Å². The van der Waals surface area contributed by atoms with Crippen LogP contribution in [0, 0.1) is 6.92 Å². The van der Waals surface area contributed by atoms with E-state index in [0.717, 1.165) is 28.9 Å². The Morgan fingerprint density at radius 3 is 2.23 bits per heavy atom. The molecular formula is C31H41F3N2O4. The average Bonchev–Trinajstić information content (AvgIpc) is 2.89. The number of aromatic nitrogens is 1. The summed E-state index contributed by atoms with van der Waals surface area (Å²) in [5, 5.41) is 2.83. The van der Waals surface area contributed by atoms with Crippen molar-refractivity contribution >= 4 is 17.4 Å². The molecule has 0 aliphatic carbocycles. The van der Waals surface area contributed by atoms with Crippen LogP contribution < -0.4 is 10.1 Å². The molecule has 40 heavy (non-hydrogen) atoms. The van der Waals surface area contributed by atoms with Crippen LogP contribution in [0.4, 0.5) is 18.9 Å². The Morgan fingerprint density at radius 1 is 1.15 bits per heavy atom. The molecule has 2 rings (SSSR count). The number of hydrogen-bond donors (Lipinski definition) is 1. The summed E-state index contributed by atoms with van der Waals surface area (Å²) in [6.45, 7) is 16.7. The first kappa shape index (κ1) is 36.1. The van der Waals surface area contributed by atoms with Crippen LogP contribution in [0.5, 0.6) is 5.75 Å². The number of allylic oxidation sites excluding steroid dienone is 4. The largest absolute Gasteiger partial charge is 0.573 e. The van der Waals surface area contributed by atoms with E-state index in [4.69, 9.17) is 4.74 Å². The van der Waals surface area contributed by atoms with Gasteiger partial charge in [0.1, 0.15) is 17.3 Å². The molecule has 1 aromatic heterocycles. The number of pyridine rings is 1. The predicted octanol–water partition coefficient (Wildman–Crippen LogP) is 8.25. The number of ketones is 1. The van der Waals surface area contributed by atoms with Crippen LogP contribution in [0.1, 0.15) is 70.7 Å². The van der Waals surface area contributed by atoms with Crippen molar-refractivity contribution in [3.63, 3.8) is 0 Å². The molecule has 0 spiro atoms. The number of ether oxygens (including phenoxy) is 2. The van der Waals surface area contributed by atoms with Gasteiger partial charge in [-0.25, -0.2) is 0 Å². The van der Waals surface area contributed by atoms with Crippen LogP contribution in [-0.2, 0) is 20.7 Å². The number of amides is 1. The lowest BCUT2D eigenvalue weighted by Gasteiger charge is -2.15. The van der Waals surface area contributed by atoms with Crippen molar-refractivity contribution in [2.24, 2.45) is 0 Å². The van der Waals surface area contributed by atoms with Gasteiger partial charge in [-0.1, -0.05) is 51.6 Å². The Labute approximate surface area is 236 Å². The fraction of sp³-hybridized carbons (Fsp3) is 0.387. The van der Waals surface area contributed by atoms with Gasteiger partial charge in [0.05, 0.1) is 18.0 Å². The van der Waals surface area contributed by atoms with Crippen LogP contribution in [0.3, 0.4) is 0 Å². The second-order valence-corrected chi connectivity index (χ2v) is 8.77. The second kappa shape index (κ2) is 19.2. The highest BCUT2D eigenvalue weighted by Gasteiger charge is 2.31. The van der Waals surface area contributed by atoms with E-state index in [-0.39, 0.29) is 23.4 Å². The number of benzene rings is 1. The minimum Gasteiger partial charge on any atom is -0.493 e. The van der Waals surface area contributed by atoms with E-state index in [9.17, 15) is 22.8 Å². The van der Waals surface area contributed by atoms with E-state index >= 15 is 0 Å². The average molecular weight is 563 g/mol. The number of Topliss-reactive ketones (excluding diaryl/α,β-unsaturated/α-hetero) is 1. The molecule has 1 N–H and O–H groups in total. The van der Waals surface area contributed by atoms with Gasteiger partial charge in [0.25, 0.3) is 0 Å². The van der Waals surface area contributed by atoms with Gasteiger partial charge < -0.3 is 19.6 Å². The first-order valence-corrected chi connectivity index (χ1v) is 12.9. The number of rotatable bonds is 10. The summed E-state index contributed by atoms with van der Waals surface area (Å²) in [5.41, 5.74) is 3.70. The standard InChI is InChI=1S/C17H19F3O2.C11H16N2O.C3H6O/c1-4-6-7-15(5-2)21-12-13(3)14-8-10-16(11-9-14)22-17(18,19)20;1-4-9-6-10(8(3)12-7-9)13-11(14)5-2;1-3(2)4/h4-11,13H,2,12H2,1,3H3;6-7H,4-5H2,1-3H3,(H,13,14);1-2H3/b6-4-,15-7+;;. The molecule has 0 bridgehead atoms. The molecule has 9 heteroatoms. The third kappa shape index (κ3) is 16.9. The van der Waals surface area contributed by atoms with Crippen molar-refractivity contribution in [3.8, 4) is 5.75 Å². The zero-order valence-electron chi connectivity index (χ0n) is 24.4. The van der Waals surface area contributed by atoms with Crippen molar-refractivity contribution in [1.29, 1.82) is 0 Å². The van der Waals surface area contributed by atoms with E-state index < -0.39 is 6.36 Å². The lowest BCUT2D eigenvalue weighted by atomic mass is 10.0. The number of halogens is 3. The monoisotopic (exact) mass is 562 g/mol. The maximum Gasteiger partial charge on any atom is 0.573 e. The molecule has 1 aromatic carbocycles. The van der Waals surface area contributed by atoms with E-state index in [1.165, 1.54) is 26.0 Å². The predicted molar refractivity (Wildman–Crippen MR) is 154 cm³/mol. The molecule has 2 aromatic rings. The Kier molecular flexibility index (Phi) is 17.4. The first-order valence-electron chi connectivity index (χ1n) is 12.9. The summed E-state index contributed by atoms with van der Waals surface area (Å²) in [5.74, 6) is 0.628. The van der Waals surface area contributed by atoms with Gasteiger partial charge in [-0.05, 0) is 75.6 Å². The zero-order chi connectivity index (χ0) is 30.7. The summed E-state index contributed by atoms with van der Waals surface area (Å²) in [7, 11) is 0. The minimum absolute atomic E-state index is 0.0221. The number of hydrogen-bond acceptors (Lipinski definition) is 5. The molecule has 1 unspecified atom stereocenters. The van der Waals surface area contributed by atoms with Crippen LogP contribution in [0.2, 0.25) is 0 Å². The number of nitrogens with one attached hydrogen (secondary N) is 1. The molecule has 0 aliphatic heterocycles. The van der Waals surface area contributed by atoms with Crippen LogP contribution >= 0.6 is 0 Å². The zero-order valence-corrected chi connectivity index (χ0v) is 24.4. The number of carbonyl (C=O) groups excluding carboxylic acids is 2. The van der Waals surface area contributed by atoms with Crippen LogP contribution in [0.15, 0.2) is 73.2 Å². The first-order chi connectivity index (χ1) is 18.8. The smallest absolute Gasteiger partial charge is 0.493 e. The maximum absolute atomic E-state index is 12.1. The molecule has 1 heterocycles. The van der Waals surface area contributed by atoms with E-state index in [1.807, 2.05) is 52.1 Å². The van der Waals surface area contributed by atoms with Gasteiger partial charge in [0.2, 0.25) is 5.91 Å². The van der Waals surface area contributed by atoms with E-state index in [1.54, 1.807) is 24.3 Å². The van der Waals surface area contributed by atoms with Crippen molar-refractivity contribution in [2.45, 2.75) is 73.6 Å². The highest BCUT2D eigenvalue weighted by Crippen LogP contribution is 2.25. The number of nitrogens with zero attached hydrogens (tertiary/aromatic N) is 1. The van der Waals surface area contributed by atoms with Gasteiger partial charge >= 0.3 is 6.36 Å². The molecular weight excluding hydrogens is 521 g/mol. The Bertz CT molecular complexity index is 1120. The fourth-order valence-electron chi connectivity index (χ4n) is 2.82. The molecule has 0 aliphatic rings. The van der Waals surface area contributed by atoms with E-state index in [2.05, 4.69) is 28.5 Å². The third-order valence-corrected chi connectivity index (χ3v) is 4.98. The highest BCUT2D eigenvalue weighted by atomic mass is 19.4. The van der Waals surface area contributed by atoms with Crippen molar-refractivity contribution in [1.82, 2.24) is 4.98 Å². The minimum atomic E-state index is -4.67. The number of aryl methyl sites for hydroxylation is 2. The van der Waals surface area contributed by atoms with Crippen LogP contribution in [0.25, 0.3) is 0 Å². The second-order valence-electron chi connectivity index (χ2n) is 8.77. The Balaban J connectivity index is 0.000000719. The Hall–Kier alpha value is -3.88. The molecule has 6 nitrogen and oxygen atoms in total. The summed E-state index contributed by atoms with van der Waals surface area (Å²) >= 11 is 0. The van der Waals surface area contributed by atoms with Gasteiger partial charge in [0.15, 0.2) is 0 Å². The lowest BCUT2D eigenvalue weighted by molar-refractivity contribution is -0.274. The summed E-state index contributed by atoms with van der Waals surface area (Å²) in [4.78, 5) is 24.9. The van der Waals surface area contributed by atoms with Crippen molar-refractivity contribution < 1.29 is 32.2 Å². The molecule has 0 saturated carbocycles. The molecule has 1 amide bonds. The summed E-state index contributed by atoms with van der Waals surface area (Å²) in [6, 6.07) is 7.76. The maximum atomic E-state index is 12.1. The number of alkyl halides is 3. The number of anilines is 1. The van der Waals surface area contributed by atoms with Gasteiger partial charge in [-0.2, -0.15) is 0 Å². The summed E-state index contributed by atoms with van der Waals surface area (Å²) in [6.07, 6.45) is 5.70. The SMILES string of the molecule is C=C/C(=C\C=C/C)OCC(C)c1ccc(OC(F)(F)F)cc1.CC(C)=O.CCC(=O)Nc1cc(CC)cnc1C. The molecule has 0 saturated heterocycles. The fourth-order valence-corrected chi connectivity index (χ4v) is 2.82. The summed E-state index contributed by atoms with van der Waals surface area (Å²) < 4.78 is 45.7.